The molecular formula is C32H34N3+. The van der Waals surface area contributed by atoms with Crippen molar-refractivity contribution in [2.24, 2.45) is 13.0 Å². The van der Waals surface area contributed by atoms with Gasteiger partial charge < -0.3 is 4.40 Å². The Balaban J connectivity index is 1.75. The first-order valence-corrected chi connectivity index (χ1v) is 13.3. The quantitative estimate of drug-likeness (QED) is 0.151. The van der Waals surface area contributed by atoms with E-state index in [1.165, 1.54) is 98.0 Å². The SMILES string of the molecule is Cc1cc2c3c(C(C)C)cccc3n3c4cc(CC5CCCC5)cc5nc[n+](C)c(c(c1C)c23)c54. The summed E-state index contributed by atoms with van der Waals surface area (Å²) in [6.45, 7) is 9.20. The van der Waals surface area contributed by atoms with Crippen LogP contribution in [0.4, 0.5) is 0 Å². The maximum atomic E-state index is 4.97. The van der Waals surface area contributed by atoms with E-state index >= 15 is 0 Å². The minimum Gasteiger partial charge on any atom is -0.308 e. The fourth-order valence-electron chi connectivity index (χ4n) is 7.04. The Morgan fingerprint density at radius 1 is 1.00 bits per heavy atom. The molecule has 35 heavy (non-hydrogen) atoms. The first-order chi connectivity index (χ1) is 16.9. The molecule has 1 fully saturated rings. The van der Waals surface area contributed by atoms with Gasteiger partial charge in [0.05, 0.1) is 34.4 Å². The number of fused-ring (bicyclic) bond motifs is 5. The Morgan fingerprint density at radius 3 is 2.57 bits per heavy atom. The monoisotopic (exact) mass is 460 g/mol. The molecule has 0 spiro atoms. The second-order valence-electron chi connectivity index (χ2n) is 11.4. The van der Waals surface area contributed by atoms with Crippen LogP contribution < -0.4 is 4.57 Å². The molecular weight excluding hydrogens is 426 g/mol. The van der Waals surface area contributed by atoms with Gasteiger partial charge in [-0.15, -0.1) is 0 Å². The second-order valence-corrected chi connectivity index (χ2v) is 11.4. The molecule has 6 aromatic rings. The highest BCUT2D eigenvalue weighted by Gasteiger charge is 2.26. The molecule has 0 aliphatic heterocycles. The Morgan fingerprint density at radius 2 is 1.80 bits per heavy atom. The van der Waals surface area contributed by atoms with E-state index in [1.54, 1.807) is 0 Å². The standard InChI is InChI=1S/C32H34N3/c1-18(2)23-11-8-12-26-29(23)24-13-19(3)20(4)28-31(24)35(26)27-16-22(14-21-9-6-7-10-21)15-25-30(27)32(28)34(5)17-33-25/h8,11-13,15-18,21H,6-7,9-10,14H2,1-5H3/q+1. The van der Waals surface area contributed by atoms with Gasteiger partial charge in [0.25, 0.3) is 6.33 Å². The van der Waals surface area contributed by atoms with E-state index in [0.717, 1.165) is 11.4 Å². The molecule has 0 bridgehead atoms. The number of benzene rings is 3. The van der Waals surface area contributed by atoms with Gasteiger partial charge in [0.1, 0.15) is 5.52 Å². The summed E-state index contributed by atoms with van der Waals surface area (Å²) >= 11 is 0. The second kappa shape index (κ2) is 7.40. The zero-order valence-corrected chi connectivity index (χ0v) is 21.6. The predicted octanol–water partition coefficient (Wildman–Crippen LogP) is 7.68. The molecule has 3 aromatic carbocycles. The van der Waals surface area contributed by atoms with Gasteiger partial charge >= 0.3 is 0 Å². The lowest BCUT2D eigenvalue weighted by atomic mass is 9.93. The van der Waals surface area contributed by atoms with Gasteiger partial charge in [-0.2, -0.15) is 0 Å². The lowest BCUT2D eigenvalue weighted by Gasteiger charge is -2.16. The number of hydrogen-bond acceptors (Lipinski definition) is 1. The maximum Gasteiger partial charge on any atom is 0.287 e. The van der Waals surface area contributed by atoms with Crippen molar-refractivity contribution < 1.29 is 4.57 Å². The minimum absolute atomic E-state index is 0.470. The Hall–Kier alpha value is -3.20. The summed E-state index contributed by atoms with van der Waals surface area (Å²) in [5, 5.41) is 5.47. The van der Waals surface area contributed by atoms with Crippen molar-refractivity contribution >= 4 is 49.1 Å². The van der Waals surface area contributed by atoms with Gasteiger partial charge in [0, 0.05) is 10.8 Å². The molecule has 3 heterocycles. The summed E-state index contributed by atoms with van der Waals surface area (Å²) in [5.41, 5.74) is 12.0. The van der Waals surface area contributed by atoms with Gasteiger partial charge in [-0.05, 0) is 83.6 Å². The van der Waals surface area contributed by atoms with E-state index in [-0.39, 0.29) is 0 Å². The maximum absolute atomic E-state index is 4.97. The normalized spacial score (nSPS) is 15.4. The molecule has 3 heteroatoms. The first-order valence-electron chi connectivity index (χ1n) is 13.3. The molecule has 0 radical (unpaired) electrons. The van der Waals surface area contributed by atoms with Crippen LogP contribution in [-0.2, 0) is 13.5 Å². The molecule has 0 amide bonds. The summed E-state index contributed by atoms with van der Waals surface area (Å²) in [7, 11) is 2.16. The van der Waals surface area contributed by atoms with Crippen LogP contribution in [-0.4, -0.2) is 9.38 Å². The highest BCUT2D eigenvalue weighted by atomic mass is 15.0. The summed E-state index contributed by atoms with van der Waals surface area (Å²) < 4.78 is 4.82. The Bertz CT molecular complexity index is 1780. The van der Waals surface area contributed by atoms with Crippen LogP contribution in [0, 0.1) is 19.8 Å². The van der Waals surface area contributed by atoms with Gasteiger partial charge in [-0.3, -0.25) is 0 Å². The van der Waals surface area contributed by atoms with Crippen LogP contribution in [0.25, 0.3) is 49.1 Å². The number of hydrogen-bond donors (Lipinski definition) is 0. The lowest BCUT2D eigenvalue weighted by Crippen LogP contribution is -2.30. The number of nitrogens with zero attached hydrogens (tertiary/aromatic N) is 3. The molecule has 1 saturated carbocycles. The van der Waals surface area contributed by atoms with Crippen molar-refractivity contribution in [1.82, 2.24) is 9.38 Å². The third-order valence-corrected chi connectivity index (χ3v) is 8.84. The third-order valence-electron chi connectivity index (χ3n) is 8.84. The molecule has 0 unspecified atom stereocenters. The van der Waals surface area contributed by atoms with Crippen LogP contribution >= 0.6 is 0 Å². The molecule has 1 aliphatic rings. The zero-order chi connectivity index (χ0) is 24.0. The van der Waals surface area contributed by atoms with E-state index in [1.807, 2.05) is 6.33 Å². The average molecular weight is 461 g/mol. The van der Waals surface area contributed by atoms with Crippen molar-refractivity contribution in [1.29, 1.82) is 0 Å². The first kappa shape index (κ1) is 21.1. The van der Waals surface area contributed by atoms with Crippen molar-refractivity contribution in [2.45, 2.75) is 65.7 Å². The molecule has 0 atom stereocenters. The fraction of sp³-hybridized carbons (Fsp3) is 0.375. The van der Waals surface area contributed by atoms with Crippen LogP contribution in [0.15, 0.2) is 42.7 Å². The van der Waals surface area contributed by atoms with Crippen LogP contribution in [0.3, 0.4) is 0 Å². The van der Waals surface area contributed by atoms with Gasteiger partial charge in [-0.25, -0.2) is 4.57 Å². The van der Waals surface area contributed by atoms with E-state index in [0.29, 0.717) is 5.92 Å². The highest BCUT2D eigenvalue weighted by Crippen LogP contribution is 2.43. The van der Waals surface area contributed by atoms with E-state index in [4.69, 9.17) is 4.98 Å². The largest absolute Gasteiger partial charge is 0.308 e. The molecule has 176 valence electrons. The molecule has 1 aliphatic carbocycles. The molecule has 3 aromatic heterocycles. The minimum atomic E-state index is 0.470. The molecule has 3 nitrogen and oxygen atoms in total. The average Bonchev–Trinajstić information content (AvgIpc) is 3.46. The summed E-state index contributed by atoms with van der Waals surface area (Å²) in [6.07, 6.45) is 8.69. The summed E-state index contributed by atoms with van der Waals surface area (Å²) in [4.78, 5) is 4.97. The lowest BCUT2D eigenvalue weighted by molar-refractivity contribution is -0.646. The van der Waals surface area contributed by atoms with Crippen LogP contribution in [0.5, 0.6) is 0 Å². The highest BCUT2D eigenvalue weighted by molar-refractivity contribution is 6.26. The molecule has 7 rings (SSSR count). The van der Waals surface area contributed by atoms with Crippen molar-refractivity contribution in [3.8, 4) is 0 Å². The third kappa shape index (κ3) is 2.84. The number of aromatic nitrogens is 3. The smallest absolute Gasteiger partial charge is 0.287 e. The Kier molecular flexibility index (Phi) is 4.46. The fourth-order valence-corrected chi connectivity index (χ4v) is 7.04. The van der Waals surface area contributed by atoms with Crippen molar-refractivity contribution in [3.63, 3.8) is 0 Å². The van der Waals surface area contributed by atoms with Crippen LogP contribution in [0.2, 0.25) is 0 Å². The van der Waals surface area contributed by atoms with Crippen LogP contribution in [0.1, 0.15) is 67.7 Å². The molecule has 0 N–H and O–H groups in total. The van der Waals surface area contributed by atoms with Gasteiger partial charge in [-0.1, -0.05) is 51.7 Å². The van der Waals surface area contributed by atoms with E-state index in [9.17, 15) is 0 Å². The number of aryl methyl sites for hydroxylation is 3. The molecule has 0 saturated heterocycles. The van der Waals surface area contributed by atoms with Crippen molar-refractivity contribution in [3.05, 3.63) is 65.0 Å². The zero-order valence-electron chi connectivity index (χ0n) is 21.6. The number of rotatable bonds is 3. The van der Waals surface area contributed by atoms with E-state index < -0.39 is 0 Å². The van der Waals surface area contributed by atoms with Gasteiger partial charge in [0.15, 0.2) is 5.52 Å². The van der Waals surface area contributed by atoms with Gasteiger partial charge in [0.2, 0.25) is 0 Å². The van der Waals surface area contributed by atoms with E-state index in [2.05, 4.69) is 80.1 Å². The summed E-state index contributed by atoms with van der Waals surface area (Å²) in [5.74, 6) is 1.28. The predicted molar refractivity (Wildman–Crippen MR) is 147 cm³/mol. The summed E-state index contributed by atoms with van der Waals surface area (Å²) in [6, 6.07) is 14.2. The number of pyridine rings is 1. The topological polar surface area (TPSA) is 21.2 Å². The van der Waals surface area contributed by atoms with Crippen molar-refractivity contribution in [2.75, 3.05) is 0 Å². The Labute approximate surface area is 206 Å².